The molecule has 6 heteroatoms. The summed E-state index contributed by atoms with van der Waals surface area (Å²) in [5.74, 6) is 0. The van der Waals surface area contributed by atoms with Crippen molar-refractivity contribution in [2.45, 2.75) is 25.0 Å². The number of aliphatic hydroxyl groups is 1. The third-order valence-electron chi connectivity index (χ3n) is 3.74. The molecule has 0 bridgehead atoms. The van der Waals surface area contributed by atoms with Crippen molar-refractivity contribution >= 4 is 0 Å². The number of ether oxygens (including phenoxy) is 1. The maximum Gasteiger partial charge on any atom is 0.107 e. The first kappa shape index (κ1) is 14.2. The summed E-state index contributed by atoms with van der Waals surface area (Å²) in [5.41, 5.74) is 0.539. The van der Waals surface area contributed by atoms with Crippen molar-refractivity contribution in [2.24, 2.45) is 0 Å². The van der Waals surface area contributed by atoms with Gasteiger partial charge in [0.05, 0.1) is 30.8 Å². The van der Waals surface area contributed by atoms with Crippen LogP contribution < -0.4 is 5.32 Å². The van der Waals surface area contributed by atoms with Crippen molar-refractivity contribution in [2.75, 3.05) is 19.8 Å². The second-order valence-electron chi connectivity index (χ2n) is 5.57. The topological polar surface area (TPSA) is 72.2 Å². The third-order valence-corrected chi connectivity index (χ3v) is 3.74. The molecule has 2 N–H and O–H groups in total. The van der Waals surface area contributed by atoms with E-state index in [0.717, 1.165) is 18.8 Å². The lowest BCUT2D eigenvalue weighted by molar-refractivity contribution is -0.000957. The maximum absolute atomic E-state index is 10.9. The molecule has 0 amide bonds. The largest absolute Gasteiger partial charge is 0.384 e. The molecule has 0 saturated carbocycles. The molecule has 2 aromatic rings. The lowest BCUT2D eigenvalue weighted by Crippen LogP contribution is -2.45. The highest BCUT2D eigenvalue weighted by Gasteiger charge is 2.32. The average Bonchev–Trinajstić information content (AvgIpc) is 2.99. The van der Waals surface area contributed by atoms with Gasteiger partial charge in [0.25, 0.3) is 0 Å². The number of morpholine rings is 1. The van der Waals surface area contributed by atoms with Gasteiger partial charge in [-0.1, -0.05) is 23.4 Å². The predicted octanol–water partition coefficient (Wildman–Crippen LogP) is 0.853. The van der Waals surface area contributed by atoms with Crippen LogP contribution in [0.1, 0.15) is 19.0 Å². The van der Waals surface area contributed by atoms with Gasteiger partial charge >= 0.3 is 0 Å². The molecule has 2 atom stereocenters. The summed E-state index contributed by atoms with van der Waals surface area (Å²) >= 11 is 0. The van der Waals surface area contributed by atoms with Crippen LogP contribution in [0.15, 0.2) is 36.5 Å². The number of hydrogen-bond donors (Lipinski definition) is 2. The minimum absolute atomic E-state index is 0.132. The van der Waals surface area contributed by atoms with E-state index in [1.54, 1.807) is 17.8 Å². The summed E-state index contributed by atoms with van der Waals surface area (Å²) in [6, 6.07) is 9.83. The highest BCUT2D eigenvalue weighted by Crippen LogP contribution is 2.27. The molecular weight excluding hydrogens is 268 g/mol. The molecule has 1 aromatic heterocycles. The second kappa shape index (κ2) is 5.93. The van der Waals surface area contributed by atoms with Gasteiger partial charge in [-0.3, -0.25) is 0 Å². The molecule has 1 fully saturated rings. The second-order valence-corrected chi connectivity index (χ2v) is 5.57. The highest BCUT2D eigenvalue weighted by atomic mass is 16.5. The van der Waals surface area contributed by atoms with E-state index in [2.05, 4.69) is 15.6 Å². The van der Waals surface area contributed by atoms with Crippen LogP contribution in [0, 0.1) is 0 Å². The Bertz CT molecular complexity index is 576. The molecule has 0 spiro atoms. The molecule has 1 aliphatic heterocycles. The summed E-state index contributed by atoms with van der Waals surface area (Å²) in [5, 5.41) is 22.3. The van der Waals surface area contributed by atoms with Crippen LogP contribution in [-0.4, -0.2) is 45.9 Å². The van der Waals surface area contributed by atoms with Gasteiger partial charge in [-0.2, -0.15) is 0 Å². The van der Waals surface area contributed by atoms with Crippen molar-refractivity contribution in [1.82, 2.24) is 20.3 Å². The molecule has 112 valence electrons. The molecule has 2 heterocycles. The fourth-order valence-electron chi connectivity index (χ4n) is 2.70. The van der Waals surface area contributed by atoms with Crippen LogP contribution in [0.25, 0.3) is 5.69 Å². The fraction of sp³-hybridized carbons (Fsp3) is 0.467. The molecular formula is C15H20N4O2. The van der Waals surface area contributed by atoms with Crippen molar-refractivity contribution in [1.29, 1.82) is 0 Å². The summed E-state index contributed by atoms with van der Waals surface area (Å²) < 4.78 is 7.13. The Balaban J connectivity index is 1.84. The Labute approximate surface area is 123 Å². The number of nitrogens with one attached hydrogen (secondary N) is 1. The molecule has 6 nitrogen and oxygen atoms in total. The molecule has 1 aromatic carbocycles. The quantitative estimate of drug-likeness (QED) is 0.873. The third kappa shape index (κ3) is 3.12. The Hall–Kier alpha value is -1.76. The van der Waals surface area contributed by atoms with Gasteiger partial charge in [-0.25, -0.2) is 4.68 Å². The summed E-state index contributed by atoms with van der Waals surface area (Å²) in [6.07, 6.45) is 2.17. The number of rotatable bonds is 4. The molecule has 0 radical (unpaired) electrons. The Morgan fingerprint density at radius 3 is 2.95 bits per heavy atom. The van der Waals surface area contributed by atoms with E-state index in [9.17, 15) is 5.11 Å². The number of aromatic nitrogens is 3. The zero-order valence-electron chi connectivity index (χ0n) is 12.1. The normalized spacial score (nSPS) is 21.9. The highest BCUT2D eigenvalue weighted by molar-refractivity contribution is 5.32. The standard InChI is InChI=1S/C15H20N4O2/c1-15(20,9-12-11-21-8-7-16-12)14-10-17-18-19(14)13-5-3-2-4-6-13/h2-6,10,12,16,20H,7-9,11H2,1H3. The van der Waals surface area contributed by atoms with Crippen LogP contribution in [0.2, 0.25) is 0 Å². The van der Waals surface area contributed by atoms with E-state index in [-0.39, 0.29) is 6.04 Å². The molecule has 2 unspecified atom stereocenters. The van der Waals surface area contributed by atoms with Gasteiger partial charge in [0.15, 0.2) is 0 Å². The first-order chi connectivity index (χ1) is 10.2. The lowest BCUT2D eigenvalue weighted by atomic mass is 9.93. The number of para-hydroxylation sites is 1. The van der Waals surface area contributed by atoms with Gasteiger partial charge < -0.3 is 15.2 Å². The SMILES string of the molecule is CC(O)(CC1COCCN1)c1cnnn1-c1ccccc1. The summed E-state index contributed by atoms with van der Waals surface area (Å²) in [4.78, 5) is 0. The lowest BCUT2D eigenvalue weighted by Gasteiger charge is -2.31. The molecule has 21 heavy (non-hydrogen) atoms. The number of benzene rings is 1. The number of hydrogen-bond acceptors (Lipinski definition) is 5. The Kier molecular flexibility index (Phi) is 4.01. The van der Waals surface area contributed by atoms with Crippen molar-refractivity contribution in [3.63, 3.8) is 0 Å². The zero-order chi connectivity index (χ0) is 14.7. The first-order valence-corrected chi connectivity index (χ1v) is 7.17. The minimum Gasteiger partial charge on any atom is -0.384 e. The van der Waals surface area contributed by atoms with Crippen molar-refractivity contribution in [3.05, 3.63) is 42.2 Å². The minimum atomic E-state index is -1.03. The van der Waals surface area contributed by atoms with Gasteiger partial charge in [0.1, 0.15) is 5.60 Å². The molecule has 3 rings (SSSR count). The number of nitrogens with zero attached hydrogens (tertiary/aromatic N) is 3. The van der Waals surface area contributed by atoms with Crippen LogP contribution in [-0.2, 0) is 10.3 Å². The van der Waals surface area contributed by atoms with Crippen LogP contribution in [0.3, 0.4) is 0 Å². The van der Waals surface area contributed by atoms with E-state index in [1.807, 2.05) is 30.3 Å². The smallest absolute Gasteiger partial charge is 0.107 e. The predicted molar refractivity (Wildman–Crippen MR) is 78.2 cm³/mol. The maximum atomic E-state index is 10.9. The van der Waals surface area contributed by atoms with Crippen LogP contribution >= 0.6 is 0 Å². The van der Waals surface area contributed by atoms with E-state index in [1.165, 1.54) is 0 Å². The zero-order valence-corrected chi connectivity index (χ0v) is 12.1. The molecule has 0 aliphatic carbocycles. The van der Waals surface area contributed by atoms with Gasteiger partial charge in [0, 0.05) is 12.6 Å². The van der Waals surface area contributed by atoms with E-state index in [4.69, 9.17) is 4.74 Å². The average molecular weight is 288 g/mol. The Morgan fingerprint density at radius 2 is 2.24 bits per heavy atom. The Morgan fingerprint density at radius 1 is 1.43 bits per heavy atom. The van der Waals surface area contributed by atoms with Crippen molar-refractivity contribution < 1.29 is 9.84 Å². The van der Waals surface area contributed by atoms with Crippen LogP contribution in [0.5, 0.6) is 0 Å². The molecule has 1 aliphatic rings. The van der Waals surface area contributed by atoms with Gasteiger partial charge in [-0.15, -0.1) is 5.10 Å². The fourth-order valence-corrected chi connectivity index (χ4v) is 2.70. The summed E-state index contributed by atoms with van der Waals surface area (Å²) in [6.45, 7) is 3.95. The van der Waals surface area contributed by atoms with Crippen molar-refractivity contribution in [3.8, 4) is 5.69 Å². The first-order valence-electron chi connectivity index (χ1n) is 7.17. The van der Waals surface area contributed by atoms with E-state index < -0.39 is 5.60 Å². The van der Waals surface area contributed by atoms with E-state index >= 15 is 0 Å². The van der Waals surface area contributed by atoms with Crippen LogP contribution in [0.4, 0.5) is 0 Å². The van der Waals surface area contributed by atoms with E-state index in [0.29, 0.717) is 18.7 Å². The van der Waals surface area contributed by atoms with Gasteiger partial charge in [-0.05, 0) is 25.5 Å². The van der Waals surface area contributed by atoms with Gasteiger partial charge in [0.2, 0.25) is 0 Å². The molecule has 1 saturated heterocycles. The summed E-state index contributed by atoms with van der Waals surface area (Å²) in [7, 11) is 0. The monoisotopic (exact) mass is 288 g/mol.